The second-order valence-corrected chi connectivity index (χ2v) is 4.96. The summed E-state index contributed by atoms with van der Waals surface area (Å²) < 4.78 is 5.65. The van der Waals surface area contributed by atoms with Gasteiger partial charge in [0.25, 0.3) is 0 Å². The predicted molar refractivity (Wildman–Crippen MR) is 84.5 cm³/mol. The van der Waals surface area contributed by atoms with E-state index >= 15 is 0 Å². The van der Waals surface area contributed by atoms with Crippen LogP contribution in [0.4, 0.5) is 0 Å². The van der Waals surface area contributed by atoms with Crippen molar-refractivity contribution < 1.29 is 4.74 Å². The molecule has 0 saturated carbocycles. The van der Waals surface area contributed by atoms with E-state index in [1.165, 1.54) is 12.8 Å². The molecule has 0 radical (unpaired) electrons. The molecule has 3 nitrogen and oxygen atoms in total. The Morgan fingerprint density at radius 3 is 2.48 bits per heavy atom. The van der Waals surface area contributed by atoms with E-state index in [1.807, 2.05) is 24.3 Å². The molecule has 0 saturated heterocycles. The van der Waals surface area contributed by atoms with E-state index in [4.69, 9.17) is 16.3 Å². The van der Waals surface area contributed by atoms with E-state index in [0.29, 0.717) is 10.8 Å². The Kier molecular flexibility index (Phi) is 6.05. The minimum absolute atomic E-state index is 0.366. The molecule has 108 valence electrons. The smallest absolute Gasteiger partial charge is 0.151 e. The first-order valence-electron chi connectivity index (χ1n) is 7.02. The van der Waals surface area contributed by atoms with Gasteiger partial charge in [0.15, 0.2) is 5.15 Å². The zero-order valence-electron chi connectivity index (χ0n) is 12.0. The van der Waals surface area contributed by atoms with Crippen LogP contribution in [0.3, 0.4) is 0 Å². The second-order valence-electron chi connectivity index (χ2n) is 4.57. The summed E-state index contributed by atoms with van der Waals surface area (Å²) in [5.74, 6) is 6.86. The van der Waals surface area contributed by atoms with Crippen molar-refractivity contribution in [2.75, 3.05) is 6.61 Å². The van der Waals surface area contributed by atoms with E-state index in [2.05, 4.69) is 29.0 Å². The first-order valence-corrected chi connectivity index (χ1v) is 7.40. The number of hydrogen-bond donors (Lipinski definition) is 0. The Morgan fingerprint density at radius 2 is 1.81 bits per heavy atom. The fourth-order valence-corrected chi connectivity index (χ4v) is 1.80. The molecule has 0 amide bonds. The monoisotopic (exact) mass is 300 g/mol. The quantitative estimate of drug-likeness (QED) is 0.616. The first-order chi connectivity index (χ1) is 10.3. The van der Waals surface area contributed by atoms with Crippen molar-refractivity contribution >= 4 is 11.6 Å². The summed E-state index contributed by atoms with van der Waals surface area (Å²) in [6.45, 7) is 2.94. The highest BCUT2D eigenvalue weighted by Crippen LogP contribution is 2.12. The molecule has 0 spiro atoms. The standard InChI is InChI=1S/C17H17ClN2O/c1-2-3-4-13-21-16-10-6-14(7-11-16)5-8-15-9-12-17(18)20-19-15/h6-7,9-12H,2-4,13H2,1H3. The van der Waals surface area contributed by atoms with Crippen molar-refractivity contribution in [1.82, 2.24) is 10.2 Å². The van der Waals surface area contributed by atoms with Gasteiger partial charge in [0, 0.05) is 5.56 Å². The minimum atomic E-state index is 0.366. The molecule has 0 aliphatic heterocycles. The van der Waals surface area contributed by atoms with Gasteiger partial charge in [-0.15, -0.1) is 10.2 Å². The summed E-state index contributed by atoms with van der Waals surface area (Å²) >= 11 is 5.67. The number of ether oxygens (including phenoxy) is 1. The molecule has 0 aliphatic rings. The van der Waals surface area contributed by atoms with Crippen molar-refractivity contribution in [2.45, 2.75) is 26.2 Å². The van der Waals surface area contributed by atoms with E-state index < -0.39 is 0 Å². The third-order valence-corrected chi connectivity index (χ3v) is 3.04. The molecule has 4 heteroatoms. The summed E-state index contributed by atoms with van der Waals surface area (Å²) in [6, 6.07) is 11.2. The van der Waals surface area contributed by atoms with Crippen LogP contribution >= 0.6 is 11.6 Å². The number of benzene rings is 1. The van der Waals surface area contributed by atoms with Crippen molar-refractivity contribution in [3.05, 3.63) is 52.8 Å². The van der Waals surface area contributed by atoms with E-state index in [9.17, 15) is 0 Å². The maximum atomic E-state index is 5.67. The van der Waals surface area contributed by atoms with E-state index in [0.717, 1.165) is 24.3 Å². The van der Waals surface area contributed by atoms with Crippen LogP contribution in [0.15, 0.2) is 36.4 Å². The number of aromatic nitrogens is 2. The highest BCUT2D eigenvalue weighted by atomic mass is 35.5. The molecule has 2 aromatic rings. The molecule has 0 atom stereocenters. The van der Waals surface area contributed by atoms with Crippen LogP contribution in [0.1, 0.15) is 37.4 Å². The van der Waals surface area contributed by atoms with Gasteiger partial charge in [-0.3, -0.25) is 0 Å². The number of rotatable bonds is 5. The van der Waals surface area contributed by atoms with Gasteiger partial charge in [0.1, 0.15) is 11.4 Å². The van der Waals surface area contributed by atoms with Gasteiger partial charge in [-0.25, -0.2) is 0 Å². The van der Waals surface area contributed by atoms with Gasteiger partial charge in [0.2, 0.25) is 0 Å². The highest BCUT2D eigenvalue weighted by Gasteiger charge is 1.94. The molecular formula is C17H17ClN2O. The van der Waals surface area contributed by atoms with Crippen molar-refractivity contribution in [1.29, 1.82) is 0 Å². The zero-order chi connectivity index (χ0) is 14.9. The number of unbranched alkanes of at least 4 members (excludes halogenated alkanes) is 2. The third kappa shape index (κ3) is 5.45. The molecule has 0 fully saturated rings. The lowest BCUT2D eigenvalue weighted by molar-refractivity contribution is 0.306. The van der Waals surface area contributed by atoms with Crippen LogP contribution in [-0.4, -0.2) is 16.8 Å². The number of nitrogens with zero attached hydrogens (tertiary/aromatic N) is 2. The number of hydrogen-bond acceptors (Lipinski definition) is 3. The summed E-state index contributed by atoms with van der Waals surface area (Å²) in [7, 11) is 0. The molecule has 1 aromatic carbocycles. The van der Waals surface area contributed by atoms with Gasteiger partial charge in [-0.05, 0) is 48.7 Å². The fourth-order valence-electron chi connectivity index (χ4n) is 1.70. The Morgan fingerprint density at radius 1 is 1.00 bits per heavy atom. The molecule has 1 heterocycles. The predicted octanol–water partition coefficient (Wildman–Crippen LogP) is 4.10. The molecule has 1 aromatic heterocycles. The SMILES string of the molecule is CCCCCOc1ccc(C#Cc2ccc(Cl)nn2)cc1. The van der Waals surface area contributed by atoms with Gasteiger partial charge in [0.05, 0.1) is 6.61 Å². The van der Waals surface area contributed by atoms with E-state index in [1.54, 1.807) is 12.1 Å². The maximum absolute atomic E-state index is 5.67. The Labute approximate surface area is 130 Å². The highest BCUT2D eigenvalue weighted by molar-refractivity contribution is 6.29. The summed E-state index contributed by atoms with van der Waals surface area (Å²) in [6.07, 6.45) is 3.49. The lowest BCUT2D eigenvalue weighted by Crippen LogP contribution is -1.96. The van der Waals surface area contributed by atoms with Crippen LogP contribution in [0.5, 0.6) is 5.75 Å². The first kappa shape index (κ1) is 15.3. The van der Waals surface area contributed by atoms with Gasteiger partial charge in [-0.1, -0.05) is 37.3 Å². The summed E-state index contributed by atoms with van der Waals surface area (Å²) in [5, 5.41) is 8.00. The van der Waals surface area contributed by atoms with Gasteiger partial charge < -0.3 is 4.74 Å². The lowest BCUT2D eigenvalue weighted by Gasteiger charge is -2.05. The van der Waals surface area contributed by atoms with Crippen LogP contribution < -0.4 is 4.74 Å². The maximum Gasteiger partial charge on any atom is 0.151 e. The van der Waals surface area contributed by atoms with Gasteiger partial charge in [-0.2, -0.15) is 0 Å². The fraction of sp³-hybridized carbons (Fsp3) is 0.294. The van der Waals surface area contributed by atoms with Crippen LogP contribution in [0, 0.1) is 11.8 Å². The molecule has 0 bridgehead atoms. The number of halogens is 1. The van der Waals surface area contributed by atoms with Crippen LogP contribution in [-0.2, 0) is 0 Å². The molecule has 0 unspecified atom stereocenters. The molecule has 0 N–H and O–H groups in total. The average Bonchev–Trinajstić information content (AvgIpc) is 2.52. The second kappa shape index (κ2) is 8.28. The minimum Gasteiger partial charge on any atom is -0.494 e. The summed E-state index contributed by atoms with van der Waals surface area (Å²) in [4.78, 5) is 0. The average molecular weight is 301 g/mol. The molecule has 21 heavy (non-hydrogen) atoms. The van der Waals surface area contributed by atoms with Crippen molar-refractivity contribution in [3.8, 4) is 17.6 Å². The molecule has 2 rings (SSSR count). The Hall–Kier alpha value is -2.05. The van der Waals surface area contributed by atoms with E-state index in [-0.39, 0.29) is 0 Å². The van der Waals surface area contributed by atoms with Gasteiger partial charge >= 0.3 is 0 Å². The molecular weight excluding hydrogens is 284 g/mol. The lowest BCUT2D eigenvalue weighted by atomic mass is 10.2. The topological polar surface area (TPSA) is 35.0 Å². The Balaban J connectivity index is 1.92. The van der Waals surface area contributed by atoms with Crippen molar-refractivity contribution in [3.63, 3.8) is 0 Å². The zero-order valence-corrected chi connectivity index (χ0v) is 12.7. The van der Waals surface area contributed by atoms with Crippen molar-refractivity contribution in [2.24, 2.45) is 0 Å². The normalized spacial score (nSPS) is 9.81. The summed E-state index contributed by atoms with van der Waals surface area (Å²) in [5.41, 5.74) is 1.51. The Bertz CT molecular complexity index is 612. The van der Waals surface area contributed by atoms with Crippen LogP contribution in [0.2, 0.25) is 5.15 Å². The third-order valence-electron chi connectivity index (χ3n) is 2.84. The largest absolute Gasteiger partial charge is 0.494 e. The van der Waals surface area contributed by atoms with Crippen LogP contribution in [0.25, 0.3) is 0 Å². The molecule has 0 aliphatic carbocycles.